The standard InChI is InChI=1S/C17H27ClN2O3S/c1-13(2)10-14(23-3)12-24(21,22)20-9-8-19-11-17(20)15-6-4-5-7-16(15)18/h4-7,13-14,17,19H,8-12H2,1-3H3. The highest BCUT2D eigenvalue weighted by Gasteiger charge is 2.35. The predicted molar refractivity (Wildman–Crippen MR) is 97.8 cm³/mol. The van der Waals surface area contributed by atoms with E-state index in [4.69, 9.17) is 16.3 Å². The Balaban J connectivity index is 2.24. The Morgan fingerprint density at radius 2 is 2.08 bits per heavy atom. The number of nitrogens with one attached hydrogen (secondary N) is 1. The summed E-state index contributed by atoms with van der Waals surface area (Å²) >= 11 is 6.30. The fourth-order valence-electron chi connectivity index (χ4n) is 3.12. The van der Waals surface area contributed by atoms with E-state index in [1.165, 1.54) is 0 Å². The summed E-state index contributed by atoms with van der Waals surface area (Å²) in [6, 6.07) is 7.15. The quantitative estimate of drug-likeness (QED) is 0.797. The van der Waals surface area contributed by atoms with Crippen molar-refractivity contribution in [3.63, 3.8) is 0 Å². The van der Waals surface area contributed by atoms with Crippen LogP contribution in [0.3, 0.4) is 0 Å². The van der Waals surface area contributed by atoms with Gasteiger partial charge in [-0.1, -0.05) is 43.6 Å². The predicted octanol–water partition coefficient (Wildman–Crippen LogP) is 2.68. The van der Waals surface area contributed by atoms with Crippen molar-refractivity contribution >= 4 is 21.6 Å². The molecular formula is C17H27ClN2O3S. The van der Waals surface area contributed by atoms with Crippen molar-refractivity contribution in [2.75, 3.05) is 32.5 Å². The lowest BCUT2D eigenvalue weighted by atomic mass is 10.1. The van der Waals surface area contributed by atoms with Crippen LogP contribution in [0.1, 0.15) is 31.9 Å². The number of hydrogen-bond acceptors (Lipinski definition) is 4. The molecule has 1 N–H and O–H groups in total. The summed E-state index contributed by atoms with van der Waals surface area (Å²) in [4.78, 5) is 0. The third kappa shape index (κ3) is 4.92. The molecule has 2 unspecified atom stereocenters. The van der Waals surface area contributed by atoms with E-state index < -0.39 is 10.0 Å². The van der Waals surface area contributed by atoms with E-state index in [1.54, 1.807) is 17.5 Å². The van der Waals surface area contributed by atoms with Gasteiger partial charge in [-0.05, 0) is 24.0 Å². The molecule has 1 aliphatic rings. The minimum absolute atomic E-state index is 0.00261. The van der Waals surface area contributed by atoms with Gasteiger partial charge in [-0.25, -0.2) is 8.42 Å². The van der Waals surface area contributed by atoms with Crippen LogP contribution in [0, 0.1) is 5.92 Å². The van der Waals surface area contributed by atoms with E-state index in [1.807, 2.05) is 18.2 Å². The molecule has 0 amide bonds. The molecule has 0 saturated carbocycles. The van der Waals surface area contributed by atoms with Gasteiger partial charge < -0.3 is 10.1 Å². The lowest BCUT2D eigenvalue weighted by Gasteiger charge is -2.36. The van der Waals surface area contributed by atoms with Gasteiger partial charge >= 0.3 is 0 Å². The second kappa shape index (κ2) is 8.63. The van der Waals surface area contributed by atoms with Gasteiger partial charge in [0.1, 0.15) is 0 Å². The topological polar surface area (TPSA) is 58.6 Å². The molecule has 136 valence electrons. The molecule has 2 atom stereocenters. The third-order valence-electron chi connectivity index (χ3n) is 4.28. The van der Waals surface area contributed by atoms with Gasteiger partial charge in [0.15, 0.2) is 0 Å². The lowest BCUT2D eigenvalue weighted by Crippen LogP contribution is -2.50. The number of piperazine rings is 1. The monoisotopic (exact) mass is 374 g/mol. The molecule has 1 fully saturated rings. The summed E-state index contributed by atoms with van der Waals surface area (Å²) < 4.78 is 33.0. The maximum Gasteiger partial charge on any atom is 0.217 e. The number of rotatable bonds is 7. The molecule has 2 rings (SSSR count). The van der Waals surface area contributed by atoms with E-state index in [2.05, 4.69) is 19.2 Å². The summed E-state index contributed by atoms with van der Waals surface area (Å²) in [5.41, 5.74) is 0.841. The molecule has 1 heterocycles. The van der Waals surface area contributed by atoms with Gasteiger partial charge in [-0.15, -0.1) is 0 Å². The minimum Gasteiger partial charge on any atom is -0.380 e. The number of hydrogen-bond donors (Lipinski definition) is 1. The molecule has 7 heteroatoms. The Kier molecular flexibility index (Phi) is 7.07. The van der Waals surface area contributed by atoms with Crippen LogP contribution in [0.5, 0.6) is 0 Å². The Labute approximate surface area is 150 Å². The number of sulfonamides is 1. The number of halogens is 1. The Morgan fingerprint density at radius 1 is 1.38 bits per heavy atom. The zero-order valence-corrected chi connectivity index (χ0v) is 16.1. The largest absolute Gasteiger partial charge is 0.380 e. The van der Waals surface area contributed by atoms with Crippen molar-refractivity contribution in [3.05, 3.63) is 34.9 Å². The smallest absolute Gasteiger partial charge is 0.217 e. The van der Waals surface area contributed by atoms with Crippen molar-refractivity contribution in [2.24, 2.45) is 5.92 Å². The van der Waals surface area contributed by atoms with Crippen LogP contribution >= 0.6 is 11.6 Å². The van der Waals surface area contributed by atoms with E-state index in [9.17, 15) is 8.42 Å². The Bertz CT molecular complexity index is 636. The molecule has 0 aliphatic carbocycles. The van der Waals surface area contributed by atoms with Crippen LogP contribution in [-0.4, -0.2) is 51.3 Å². The molecule has 1 aliphatic heterocycles. The molecule has 0 spiro atoms. The van der Waals surface area contributed by atoms with Crippen molar-refractivity contribution in [2.45, 2.75) is 32.4 Å². The van der Waals surface area contributed by atoms with Gasteiger partial charge in [0.2, 0.25) is 10.0 Å². The Morgan fingerprint density at radius 3 is 2.71 bits per heavy atom. The molecular weight excluding hydrogens is 348 g/mol. The normalized spacial score (nSPS) is 21.1. The van der Waals surface area contributed by atoms with Crippen molar-refractivity contribution < 1.29 is 13.2 Å². The highest BCUT2D eigenvalue weighted by Crippen LogP contribution is 2.31. The fraction of sp³-hybridized carbons (Fsp3) is 0.647. The van der Waals surface area contributed by atoms with Gasteiger partial charge in [-0.2, -0.15) is 4.31 Å². The van der Waals surface area contributed by atoms with Crippen molar-refractivity contribution in [3.8, 4) is 0 Å². The highest BCUT2D eigenvalue weighted by molar-refractivity contribution is 7.89. The maximum atomic E-state index is 13.0. The maximum absolute atomic E-state index is 13.0. The Hall–Kier alpha value is -0.660. The van der Waals surface area contributed by atoms with Crippen molar-refractivity contribution in [1.29, 1.82) is 0 Å². The molecule has 0 radical (unpaired) electrons. The van der Waals surface area contributed by atoms with E-state index in [0.717, 1.165) is 12.0 Å². The number of methoxy groups -OCH3 is 1. The molecule has 1 saturated heterocycles. The first-order valence-electron chi connectivity index (χ1n) is 8.32. The summed E-state index contributed by atoms with van der Waals surface area (Å²) in [5.74, 6) is 0.385. The zero-order chi connectivity index (χ0) is 17.7. The number of nitrogens with zero attached hydrogens (tertiary/aromatic N) is 1. The van der Waals surface area contributed by atoms with Crippen LogP contribution < -0.4 is 5.32 Å². The summed E-state index contributed by atoms with van der Waals surface area (Å²) in [7, 11) is -1.87. The average Bonchev–Trinajstić information content (AvgIpc) is 2.54. The molecule has 0 aromatic heterocycles. The van der Waals surface area contributed by atoms with Gasteiger partial charge in [0.05, 0.1) is 17.9 Å². The highest BCUT2D eigenvalue weighted by atomic mass is 35.5. The second-order valence-corrected chi connectivity index (χ2v) is 8.99. The van der Waals surface area contributed by atoms with Crippen LogP contribution in [-0.2, 0) is 14.8 Å². The first-order chi connectivity index (χ1) is 11.3. The van der Waals surface area contributed by atoms with E-state index in [-0.39, 0.29) is 17.9 Å². The van der Waals surface area contributed by atoms with E-state index in [0.29, 0.717) is 30.6 Å². The molecule has 0 bridgehead atoms. The summed E-state index contributed by atoms with van der Waals surface area (Å²) in [6.45, 7) is 5.77. The van der Waals surface area contributed by atoms with Gasteiger partial charge in [0, 0.05) is 31.8 Å². The number of ether oxygens (including phenoxy) is 1. The molecule has 24 heavy (non-hydrogen) atoms. The summed E-state index contributed by atoms with van der Waals surface area (Å²) in [6.07, 6.45) is 0.426. The molecule has 5 nitrogen and oxygen atoms in total. The first kappa shape index (κ1) is 19.7. The van der Waals surface area contributed by atoms with Crippen LogP contribution in [0.15, 0.2) is 24.3 Å². The van der Waals surface area contributed by atoms with Crippen molar-refractivity contribution in [1.82, 2.24) is 9.62 Å². The molecule has 1 aromatic carbocycles. The first-order valence-corrected chi connectivity index (χ1v) is 10.3. The number of benzene rings is 1. The van der Waals surface area contributed by atoms with Gasteiger partial charge in [0.25, 0.3) is 0 Å². The lowest BCUT2D eigenvalue weighted by molar-refractivity contribution is 0.100. The average molecular weight is 375 g/mol. The fourth-order valence-corrected chi connectivity index (χ4v) is 5.26. The van der Waals surface area contributed by atoms with Gasteiger partial charge in [-0.3, -0.25) is 0 Å². The SMILES string of the molecule is COC(CC(C)C)CS(=O)(=O)N1CCNCC1c1ccccc1Cl. The van der Waals surface area contributed by atoms with Crippen LogP contribution in [0.2, 0.25) is 5.02 Å². The zero-order valence-electron chi connectivity index (χ0n) is 14.5. The second-order valence-electron chi connectivity index (χ2n) is 6.62. The van der Waals surface area contributed by atoms with Crippen LogP contribution in [0.25, 0.3) is 0 Å². The molecule has 1 aromatic rings. The summed E-state index contributed by atoms with van der Waals surface area (Å²) in [5, 5.41) is 3.86. The minimum atomic E-state index is -3.44. The van der Waals surface area contributed by atoms with E-state index >= 15 is 0 Å². The van der Waals surface area contributed by atoms with Crippen LogP contribution in [0.4, 0.5) is 0 Å². The third-order valence-corrected chi connectivity index (χ3v) is 6.57.